The number of methoxy groups -OCH3 is 1. The highest BCUT2D eigenvalue weighted by Crippen LogP contribution is 2.25. The molecule has 0 atom stereocenters. The second-order valence-corrected chi connectivity index (χ2v) is 5.49. The van der Waals surface area contributed by atoms with Crippen LogP contribution in [-0.4, -0.2) is 43.1 Å². The summed E-state index contributed by atoms with van der Waals surface area (Å²) in [7, 11) is 3.15. The van der Waals surface area contributed by atoms with Crippen LogP contribution in [0.3, 0.4) is 0 Å². The summed E-state index contributed by atoms with van der Waals surface area (Å²) in [5.41, 5.74) is 1.63. The van der Waals surface area contributed by atoms with Crippen LogP contribution in [0.2, 0.25) is 0 Å². The zero-order valence-electron chi connectivity index (χ0n) is 15.4. The van der Waals surface area contributed by atoms with E-state index in [2.05, 4.69) is 25.5 Å². The average molecular weight is 495 g/mol. The fraction of sp³-hybridized carbons (Fsp3) is 0.412. The largest absolute Gasteiger partial charge is 0.497 e. The molecular weight excluding hydrogens is 471 g/mol. The van der Waals surface area contributed by atoms with Crippen LogP contribution in [0.25, 0.3) is 0 Å². The van der Waals surface area contributed by atoms with Crippen LogP contribution in [0.1, 0.15) is 11.1 Å². The van der Waals surface area contributed by atoms with Gasteiger partial charge in [-0.05, 0) is 30.7 Å². The van der Waals surface area contributed by atoms with Crippen molar-refractivity contribution in [3.63, 3.8) is 0 Å². The van der Waals surface area contributed by atoms with Crippen LogP contribution < -0.4 is 20.1 Å². The zero-order valence-corrected chi connectivity index (χ0v) is 17.7. The number of alkyl halides is 2. The Balaban J connectivity index is 0.00000364. The summed E-state index contributed by atoms with van der Waals surface area (Å²) in [6, 6.07) is 4.67. The molecule has 0 radical (unpaired) electrons. The molecule has 1 aromatic carbocycles. The third-order valence-electron chi connectivity index (χ3n) is 3.55. The second-order valence-electron chi connectivity index (χ2n) is 5.49. The summed E-state index contributed by atoms with van der Waals surface area (Å²) in [4.78, 5) is 4.12. The Kier molecular flexibility index (Phi) is 9.83. The molecule has 0 fully saturated rings. The maximum Gasteiger partial charge on any atom is 0.387 e. The normalized spacial score (nSPS) is 11.1. The topological polar surface area (TPSA) is 72.7 Å². The van der Waals surface area contributed by atoms with Gasteiger partial charge in [-0.3, -0.25) is 9.67 Å². The van der Waals surface area contributed by atoms with Crippen LogP contribution in [0.5, 0.6) is 11.5 Å². The maximum absolute atomic E-state index is 12.6. The van der Waals surface area contributed by atoms with Gasteiger partial charge in [-0.1, -0.05) is 0 Å². The summed E-state index contributed by atoms with van der Waals surface area (Å²) in [6.07, 6.45) is 3.74. The molecule has 0 saturated carbocycles. The van der Waals surface area contributed by atoms with Crippen LogP contribution in [-0.2, 0) is 13.1 Å². The van der Waals surface area contributed by atoms with E-state index < -0.39 is 6.61 Å². The number of nitrogens with zero attached hydrogens (tertiary/aromatic N) is 3. The standard InChI is InChI=1S/C17H23F2N5O2.HI/c1-12-9-23-24(11-12)7-6-21-17(20-2)22-10-13-8-14(25-3)4-5-15(13)26-16(18)19;/h4-5,8-9,11,16H,6-7,10H2,1-3H3,(H2,20,21,22);1H. The van der Waals surface area contributed by atoms with E-state index in [1.54, 1.807) is 25.4 Å². The lowest BCUT2D eigenvalue weighted by Crippen LogP contribution is -2.38. The van der Waals surface area contributed by atoms with Crippen LogP contribution >= 0.6 is 24.0 Å². The SMILES string of the molecule is CN=C(NCCn1cc(C)cn1)NCc1cc(OC)ccc1OC(F)F.I. The number of aryl methyl sites for hydroxylation is 1. The first-order chi connectivity index (χ1) is 12.5. The summed E-state index contributed by atoms with van der Waals surface area (Å²) in [5.74, 6) is 1.19. The van der Waals surface area contributed by atoms with Crippen LogP contribution in [0.4, 0.5) is 8.78 Å². The van der Waals surface area contributed by atoms with Gasteiger partial charge in [-0.15, -0.1) is 24.0 Å². The first-order valence-electron chi connectivity index (χ1n) is 8.07. The Bertz CT molecular complexity index is 740. The van der Waals surface area contributed by atoms with Crippen molar-refractivity contribution in [2.24, 2.45) is 4.99 Å². The molecular formula is C17H24F2IN5O2. The summed E-state index contributed by atoms with van der Waals surface area (Å²) in [6.45, 7) is 0.619. The first-order valence-corrected chi connectivity index (χ1v) is 8.07. The van der Waals surface area contributed by atoms with Gasteiger partial charge in [0.25, 0.3) is 0 Å². The lowest BCUT2D eigenvalue weighted by Gasteiger charge is -2.15. The quantitative estimate of drug-likeness (QED) is 0.335. The number of aliphatic imine (C=N–C) groups is 1. The van der Waals surface area contributed by atoms with E-state index in [0.29, 0.717) is 30.4 Å². The first kappa shape index (κ1) is 22.9. The summed E-state index contributed by atoms with van der Waals surface area (Å²) in [5, 5.41) is 10.4. The number of hydrogen-bond donors (Lipinski definition) is 2. The highest BCUT2D eigenvalue weighted by Gasteiger charge is 2.11. The minimum atomic E-state index is -2.89. The van der Waals surface area contributed by atoms with E-state index in [4.69, 9.17) is 4.74 Å². The molecule has 0 spiro atoms. The highest BCUT2D eigenvalue weighted by molar-refractivity contribution is 14.0. The van der Waals surface area contributed by atoms with Crippen molar-refractivity contribution >= 4 is 29.9 Å². The molecule has 27 heavy (non-hydrogen) atoms. The molecule has 0 amide bonds. The van der Waals surface area contributed by atoms with Gasteiger partial charge in [0.2, 0.25) is 0 Å². The van der Waals surface area contributed by atoms with Crippen molar-refractivity contribution in [1.29, 1.82) is 0 Å². The van der Waals surface area contributed by atoms with E-state index in [1.165, 1.54) is 13.2 Å². The molecule has 150 valence electrons. The number of aromatic nitrogens is 2. The fourth-order valence-electron chi connectivity index (χ4n) is 2.31. The number of benzene rings is 1. The lowest BCUT2D eigenvalue weighted by atomic mass is 10.2. The molecule has 7 nitrogen and oxygen atoms in total. The van der Waals surface area contributed by atoms with E-state index >= 15 is 0 Å². The lowest BCUT2D eigenvalue weighted by molar-refractivity contribution is -0.0504. The van der Waals surface area contributed by atoms with Gasteiger partial charge in [-0.2, -0.15) is 13.9 Å². The molecule has 10 heteroatoms. The third-order valence-corrected chi connectivity index (χ3v) is 3.55. The smallest absolute Gasteiger partial charge is 0.387 e. The molecule has 0 bridgehead atoms. The van der Waals surface area contributed by atoms with Gasteiger partial charge in [0.15, 0.2) is 5.96 Å². The van der Waals surface area contributed by atoms with Gasteiger partial charge in [0.1, 0.15) is 11.5 Å². The Morgan fingerprint density at radius 3 is 2.70 bits per heavy atom. The molecule has 2 aromatic rings. The summed E-state index contributed by atoms with van der Waals surface area (Å²) < 4.78 is 36.6. The Hall–Kier alpha value is -2.11. The van der Waals surface area contributed by atoms with Crippen molar-refractivity contribution in [3.8, 4) is 11.5 Å². The van der Waals surface area contributed by atoms with Crippen molar-refractivity contribution in [3.05, 3.63) is 41.7 Å². The van der Waals surface area contributed by atoms with E-state index in [0.717, 1.165) is 5.56 Å². The van der Waals surface area contributed by atoms with Crippen molar-refractivity contribution in [2.75, 3.05) is 20.7 Å². The molecule has 2 rings (SSSR count). The van der Waals surface area contributed by atoms with Crippen LogP contribution in [0, 0.1) is 6.92 Å². The molecule has 0 aliphatic rings. The Morgan fingerprint density at radius 1 is 1.33 bits per heavy atom. The molecule has 0 aliphatic heterocycles. The van der Waals surface area contributed by atoms with Gasteiger partial charge in [0, 0.05) is 31.9 Å². The number of guanidine groups is 1. The molecule has 0 aliphatic carbocycles. The van der Waals surface area contributed by atoms with Gasteiger partial charge in [-0.25, -0.2) is 0 Å². The molecule has 0 saturated heterocycles. The Labute approximate surface area is 174 Å². The maximum atomic E-state index is 12.6. The third kappa shape index (κ3) is 7.57. The van der Waals surface area contributed by atoms with Gasteiger partial charge >= 0.3 is 6.61 Å². The van der Waals surface area contributed by atoms with Crippen molar-refractivity contribution in [1.82, 2.24) is 20.4 Å². The summed E-state index contributed by atoms with van der Waals surface area (Å²) >= 11 is 0. The zero-order chi connectivity index (χ0) is 18.9. The second kappa shape index (κ2) is 11.6. The van der Waals surface area contributed by atoms with E-state index in [1.807, 2.05) is 17.8 Å². The highest BCUT2D eigenvalue weighted by atomic mass is 127. The van der Waals surface area contributed by atoms with E-state index in [9.17, 15) is 8.78 Å². The monoisotopic (exact) mass is 495 g/mol. The van der Waals surface area contributed by atoms with Gasteiger partial charge in [0.05, 0.1) is 19.9 Å². The fourth-order valence-corrected chi connectivity index (χ4v) is 2.31. The molecule has 2 N–H and O–H groups in total. The minimum Gasteiger partial charge on any atom is -0.497 e. The van der Waals surface area contributed by atoms with E-state index in [-0.39, 0.29) is 36.3 Å². The molecule has 1 heterocycles. The average Bonchev–Trinajstić information content (AvgIpc) is 3.03. The number of hydrogen-bond acceptors (Lipinski definition) is 4. The molecule has 1 aromatic heterocycles. The van der Waals surface area contributed by atoms with Crippen molar-refractivity contribution in [2.45, 2.75) is 26.6 Å². The van der Waals surface area contributed by atoms with Crippen LogP contribution in [0.15, 0.2) is 35.6 Å². The molecule has 0 unspecified atom stereocenters. The minimum absolute atomic E-state index is 0. The number of nitrogens with one attached hydrogen (secondary N) is 2. The van der Waals surface area contributed by atoms with Crippen molar-refractivity contribution < 1.29 is 18.3 Å². The number of rotatable bonds is 8. The number of halogens is 3. The number of ether oxygens (including phenoxy) is 2. The Morgan fingerprint density at radius 2 is 2.11 bits per heavy atom. The predicted molar refractivity (Wildman–Crippen MR) is 110 cm³/mol. The van der Waals surface area contributed by atoms with Gasteiger partial charge < -0.3 is 20.1 Å². The predicted octanol–water partition coefficient (Wildman–Crippen LogP) is 2.78.